The summed E-state index contributed by atoms with van der Waals surface area (Å²) in [5, 5.41) is 8.83. The molecule has 1 fully saturated rings. The number of likely N-dealkylation sites (tertiary alicyclic amines) is 1. The Morgan fingerprint density at radius 3 is 2.94 bits per heavy atom. The molecular weight excluding hydrogens is 214 g/mol. The lowest BCUT2D eigenvalue weighted by atomic mass is 10.1. The van der Waals surface area contributed by atoms with E-state index >= 15 is 0 Å². The van der Waals surface area contributed by atoms with Gasteiger partial charge in [-0.25, -0.2) is 0 Å². The third-order valence-electron chi connectivity index (χ3n) is 3.35. The van der Waals surface area contributed by atoms with E-state index in [1.54, 1.807) is 0 Å². The van der Waals surface area contributed by atoms with Crippen LogP contribution in [0.4, 0.5) is 0 Å². The van der Waals surface area contributed by atoms with Crippen LogP contribution < -0.4 is 0 Å². The summed E-state index contributed by atoms with van der Waals surface area (Å²) in [5.74, 6) is 2.86. The molecule has 1 amide bonds. The van der Waals surface area contributed by atoms with Crippen LogP contribution in [0.1, 0.15) is 51.4 Å². The van der Waals surface area contributed by atoms with Crippen LogP contribution in [0.3, 0.4) is 0 Å². The van der Waals surface area contributed by atoms with Gasteiger partial charge in [-0.15, -0.1) is 12.3 Å². The first kappa shape index (κ1) is 14.1. The molecular formula is C14H23NO2. The lowest BCUT2D eigenvalue weighted by Crippen LogP contribution is -2.35. The highest BCUT2D eigenvalue weighted by atomic mass is 16.3. The Hall–Kier alpha value is -1.01. The van der Waals surface area contributed by atoms with E-state index in [4.69, 9.17) is 11.5 Å². The molecule has 1 N–H and O–H groups in total. The van der Waals surface area contributed by atoms with Crippen LogP contribution in [0.25, 0.3) is 0 Å². The van der Waals surface area contributed by atoms with Gasteiger partial charge in [0.25, 0.3) is 0 Å². The molecule has 1 saturated heterocycles. The summed E-state index contributed by atoms with van der Waals surface area (Å²) in [7, 11) is 0. The SMILES string of the molecule is C#CCCCCC(=O)N1CCCC1CCCO. The molecule has 1 aliphatic heterocycles. The molecule has 1 rings (SSSR count). The number of carbonyl (C=O) groups is 1. The fourth-order valence-corrected chi connectivity index (χ4v) is 2.44. The van der Waals surface area contributed by atoms with Gasteiger partial charge in [-0.05, 0) is 38.5 Å². The van der Waals surface area contributed by atoms with Crippen LogP contribution in [-0.2, 0) is 4.79 Å². The minimum atomic E-state index is 0.223. The topological polar surface area (TPSA) is 40.5 Å². The molecule has 0 bridgehead atoms. The number of terminal acetylenes is 1. The molecule has 1 heterocycles. The Morgan fingerprint density at radius 2 is 2.24 bits per heavy atom. The largest absolute Gasteiger partial charge is 0.396 e. The molecule has 1 atom stereocenters. The summed E-state index contributed by atoms with van der Waals surface area (Å²) >= 11 is 0. The van der Waals surface area contributed by atoms with Crippen molar-refractivity contribution in [2.45, 2.75) is 57.4 Å². The number of amides is 1. The van der Waals surface area contributed by atoms with E-state index in [9.17, 15) is 4.79 Å². The quantitative estimate of drug-likeness (QED) is 0.543. The van der Waals surface area contributed by atoms with Crippen molar-refractivity contribution in [2.75, 3.05) is 13.2 Å². The third-order valence-corrected chi connectivity index (χ3v) is 3.35. The Labute approximate surface area is 104 Å². The molecule has 0 saturated carbocycles. The second kappa shape index (κ2) is 8.14. The zero-order valence-corrected chi connectivity index (χ0v) is 10.5. The first-order valence-corrected chi connectivity index (χ1v) is 6.63. The standard InChI is InChI=1S/C14H23NO2/c1-2-3-4-5-10-14(17)15-11-6-8-13(15)9-7-12-16/h1,13,16H,3-12H2. The molecule has 0 aromatic rings. The third kappa shape index (κ3) is 4.79. The number of aliphatic hydroxyl groups excluding tert-OH is 1. The van der Waals surface area contributed by atoms with Gasteiger partial charge in [0.15, 0.2) is 0 Å². The molecule has 17 heavy (non-hydrogen) atoms. The Balaban J connectivity index is 2.27. The van der Waals surface area contributed by atoms with Gasteiger partial charge in [-0.1, -0.05) is 0 Å². The summed E-state index contributed by atoms with van der Waals surface area (Å²) in [5.41, 5.74) is 0. The second-order valence-electron chi connectivity index (χ2n) is 4.66. The fourth-order valence-electron chi connectivity index (χ4n) is 2.44. The number of hydrogen-bond acceptors (Lipinski definition) is 2. The summed E-state index contributed by atoms with van der Waals surface area (Å²) in [4.78, 5) is 14.0. The first-order valence-electron chi connectivity index (χ1n) is 6.63. The van der Waals surface area contributed by atoms with Crippen molar-refractivity contribution < 1.29 is 9.90 Å². The molecule has 0 radical (unpaired) electrons. The number of aliphatic hydroxyl groups is 1. The van der Waals surface area contributed by atoms with Crippen LogP contribution in [0.5, 0.6) is 0 Å². The summed E-state index contributed by atoms with van der Waals surface area (Å²) in [6.07, 6.45) is 12.3. The van der Waals surface area contributed by atoms with Crippen molar-refractivity contribution in [3.63, 3.8) is 0 Å². The van der Waals surface area contributed by atoms with E-state index in [1.165, 1.54) is 0 Å². The molecule has 3 nitrogen and oxygen atoms in total. The van der Waals surface area contributed by atoms with Crippen LogP contribution in [-0.4, -0.2) is 35.1 Å². The Morgan fingerprint density at radius 1 is 1.41 bits per heavy atom. The minimum Gasteiger partial charge on any atom is -0.396 e. The van der Waals surface area contributed by atoms with Crippen LogP contribution in [0.15, 0.2) is 0 Å². The van der Waals surface area contributed by atoms with Crippen LogP contribution >= 0.6 is 0 Å². The maximum atomic E-state index is 12.0. The highest BCUT2D eigenvalue weighted by molar-refractivity contribution is 5.76. The van der Waals surface area contributed by atoms with Crippen LogP contribution in [0.2, 0.25) is 0 Å². The normalized spacial score (nSPS) is 19.3. The van der Waals surface area contributed by atoms with E-state index in [0.29, 0.717) is 12.5 Å². The van der Waals surface area contributed by atoms with Crippen LogP contribution in [0, 0.1) is 12.3 Å². The van der Waals surface area contributed by atoms with E-state index in [1.807, 2.05) is 4.90 Å². The smallest absolute Gasteiger partial charge is 0.222 e. The predicted molar refractivity (Wildman–Crippen MR) is 68.4 cm³/mol. The number of carbonyl (C=O) groups excluding carboxylic acids is 1. The molecule has 1 aliphatic rings. The highest BCUT2D eigenvalue weighted by Gasteiger charge is 2.27. The van der Waals surface area contributed by atoms with Gasteiger partial charge in [0, 0.05) is 32.0 Å². The van der Waals surface area contributed by atoms with Gasteiger partial charge in [0.05, 0.1) is 0 Å². The number of nitrogens with zero attached hydrogens (tertiary/aromatic N) is 1. The van der Waals surface area contributed by atoms with Crippen molar-refractivity contribution in [3.8, 4) is 12.3 Å². The average Bonchev–Trinajstić information content (AvgIpc) is 2.80. The average molecular weight is 237 g/mol. The van der Waals surface area contributed by atoms with Gasteiger partial charge in [0.2, 0.25) is 5.91 Å². The molecule has 96 valence electrons. The Kier molecular flexibility index (Phi) is 6.73. The zero-order chi connectivity index (χ0) is 12.5. The molecule has 0 aliphatic carbocycles. The molecule has 3 heteroatoms. The zero-order valence-electron chi connectivity index (χ0n) is 10.5. The fraction of sp³-hybridized carbons (Fsp3) is 0.786. The molecule has 0 aromatic carbocycles. The van der Waals surface area contributed by atoms with Gasteiger partial charge in [-0.2, -0.15) is 0 Å². The van der Waals surface area contributed by atoms with Gasteiger partial charge >= 0.3 is 0 Å². The molecule has 0 spiro atoms. The Bertz CT molecular complexity index is 270. The maximum absolute atomic E-state index is 12.0. The maximum Gasteiger partial charge on any atom is 0.222 e. The van der Waals surface area contributed by atoms with Crippen molar-refractivity contribution in [1.29, 1.82) is 0 Å². The van der Waals surface area contributed by atoms with E-state index < -0.39 is 0 Å². The molecule has 0 aromatic heterocycles. The summed E-state index contributed by atoms with van der Waals surface area (Å²) in [6, 6.07) is 0.363. The second-order valence-corrected chi connectivity index (χ2v) is 4.66. The summed E-state index contributed by atoms with van der Waals surface area (Å²) < 4.78 is 0. The summed E-state index contributed by atoms with van der Waals surface area (Å²) in [6.45, 7) is 1.12. The number of unbranched alkanes of at least 4 members (excludes halogenated alkanes) is 2. The van der Waals surface area contributed by atoms with Crippen molar-refractivity contribution >= 4 is 5.91 Å². The predicted octanol–water partition coefficient (Wildman–Crippen LogP) is 1.94. The van der Waals surface area contributed by atoms with E-state index in [2.05, 4.69) is 5.92 Å². The highest BCUT2D eigenvalue weighted by Crippen LogP contribution is 2.22. The number of rotatable bonds is 7. The lowest BCUT2D eigenvalue weighted by Gasteiger charge is -2.24. The number of hydrogen-bond donors (Lipinski definition) is 1. The van der Waals surface area contributed by atoms with Crippen molar-refractivity contribution in [1.82, 2.24) is 4.90 Å². The molecule has 1 unspecified atom stereocenters. The van der Waals surface area contributed by atoms with E-state index in [-0.39, 0.29) is 12.5 Å². The monoisotopic (exact) mass is 237 g/mol. The first-order chi connectivity index (χ1) is 8.29. The van der Waals surface area contributed by atoms with Gasteiger partial charge in [-0.3, -0.25) is 4.79 Å². The lowest BCUT2D eigenvalue weighted by molar-refractivity contribution is -0.132. The van der Waals surface area contributed by atoms with Crippen molar-refractivity contribution in [3.05, 3.63) is 0 Å². The minimum absolute atomic E-state index is 0.223. The van der Waals surface area contributed by atoms with Crippen molar-refractivity contribution in [2.24, 2.45) is 0 Å². The van der Waals surface area contributed by atoms with Gasteiger partial charge < -0.3 is 10.0 Å². The van der Waals surface area contributed by atoms with Gasteiger partial charge in [0.1, 0.15) is 0 Å². The van der Waals surface area contributed by atoms with E-state index in [0.717, 1.165) is 51.5 Å².